The molecule has 0 bridgehead atoms. The summed E-state index contributed by atoms with van der Waals surface area (Å²) < 4.78 is 11.9. The maximum atomic E-state index is 12.1. The van der Waals surface area contributed by atoms with Crippen LogP contribution in [-0.2, 0) is 4.79 Å². The molecule has 6 nitrogen and oxygen atoms in total. The molecule has 3 rings (SSSR count). The zero-order valence-electron chi connectivity index (χ0n) is 16.1. The van der Waals surface area contributed by atoms with E-state index in [4.69, 9.17) is 9.47 Å². The first-order chi connectivity index (χ1) is 13.9. The maximum absolute atomic E-state index is 12.1. The molecule has 7 heteroatoms. The van der Waals surface area contributed by atoms with E-state index in [1.807, 2.05) is 44.2 Å². The number of hydrogen-bond acceptors (Lipinski definition) is 4. The summed E-state index contributed by atoms with van der Waals surface area (Å²) in [6.07, 6.45) is 0.0524. The van der Waals surface area contributed by atoms with Gasteiger partial charge >= 0.3 is 0 Å². The molecule has 0 aliphatic heterocycles. The van der Waals surface area contributed by atoms with Gasteiger partial charge in [-0.1, -0.05) is 30.3 Å². The summed E-state index contributed by atoms with van der Waals surface area (Å²) in [4.78, 5) is 24.2. The highest BCUT2D eigenvalue weighted by Gasteiger charge is 2.11. The minimum atomic E-state index is -0.474. The van der Waals surface area contributed by atoms with Crippen LogP contribution >= 0.6 is 15.9 Å². The summed E-state index contributed by atoms with van der Waals surface area (Å²) in [5.74, 6) is 0.320. The summed E-state index contributed by atoms with van der Waals surface area (Å²) in [5.41, 5.74) is 5.12. The lowest BCUT2D eigenvalue weighted by Gasteiger charge is -2.12. The molecule has 0 saturated carbocycles. The second kappa shape index (κ2) is 9.43. The van der Waals surface area contributed by atoms with Crippen LogP contribution in [-0.4, -0.2) is 24.5 Å². The lowest BCUT2D eigenvalue weighted by Crippen LogP contribution is -2.43. The fourth-order valence-corrected chi connectivity index (χ4v) is 3.27. The Hall–Kier alpha value is -3.06. The zero-order valence-corrected chi connectivity index (χ0v) is 17.7. The molecule has 0 unspecified atom stereocenters. The second-order valence-electron chi connectivity index (χ2n) is 6.58. The lowest BCUT2D eigenvalue weighted by atomic mass is 10.1. The average molecular weight is 457 g/mol. The van der Waals surface area contributed by atoms with Crippen molar-refractivity contribution in [3.8, 4) is 11.5 Å². The summed E-state index contributed by atoms with van der Waals surface area (Å²) >= 11 is 3.51. The van der Waals surface area contributed by atoms with Crippen molar-refractivity contribution in [2.24, 2.45) is 0 Å². The van der Waals surface area contributed by atoms with Crippen molar-refractivity contribution >= 4 is 38.5 Å². The van der Waals surface area contributed by atoms with Gasteiger partial charge in [-0.15, -0.1) is 0 Å². The average Bonchev–Trinajstić information content (AvgIpc) is 2.72. The van der Waals surface area contributed by atoms with Crippen LogP contribution in [0.25, 0.3) is 10.8 Å². The topological polar surface area (TPSA) is 76.7 Å². The van der Waals surface area contributed by atoms with Crippen molar-refractivity contribution in [2.75, 3.05) is 6.61 Å². The van der Waals surface area contributed by atoms with Gasteiger partial charge in [0.25, 0.3) is 11.8 Å². The van der Waals surface area contributed by atoms with Gasteiger partial charge in [0, 0.05) is 5.56 Å². The molecule has 0 aromatic heterocycles. The molecule has 0 fully saturated rings. The van der Waals surface area contributed by atoms with Crippen LogP contribution in [0, 0.1) is 0 Å². The van der Waals surface area contributed by atoms with Crippen LogP contribution in [0.15, 0.2) is 65.1 Å². The van der Waals surface area contributed by atoms with Gasteiger partial charge in [0.2, 0.25) is 0 Å². The first-order valence-corrected chi connectivity index (χ1v) is 9.89. The molecule has 0 spiro atoms. The molecule has 0 radical (unpaired) electrons. The lowest BCUT2D eigenvalue weighted by molar-refractivity contribution is -0.123. The summed E-state index contributed by atoms with van der Waals surface area (Å²) in [6.45, 7) is 3.61. The summed E-state index contributed by atoms with van der Waals surface area (Å²) in [7, 11) is 0. The Morgan fingerprint density at radius 3 is 2.41 bits per heavy atom. The van der Waals surface area contributed by atoms with E-state index in [2.05, 4.69) is 26.8 Å². The standard InChI is InChI=1S/C22H21BrN2O4/c1-14(2)29-17-10-7-16(8-11-17)22(27)25-24-20(26)13-28-19-12-9-15-5-3-4-6-18(15)21(19)23/h3-12,14H,13H2,1-2H3,(H,24,26)(H,25,27). The Morgan fingerprint density at radius 2 is 1.69 bits per heavy atom. The van der Waals surface area contributed by atoms with Gasteiger partial charge in [0.15, 0.2) is 6.61 Å². The van der Waals surface area contributed by atoms with Crippen molar-refractivity contribution in [2.45, 2.75) is 20.0 Å². The fourth-order valence-electron chi connectivity index (χ4n) is 2.66. The molecule has 0 saturated heterocycles. The molecule has 29 heavy (non-hydrogen) atoms. The predicted octanol–water partition coefficient (Wildman–Crippen LogP) is 4.23. The number of nitrogens with one attached hydrogen (secondary N) is 2. The number of halogens is 1. The Bertz CT molecular complexity index is 1020. The quantitative estimate of drug-likeness (QED) is 0.544. The number of amides is 2. The molecule has 0 aliphatic carbocycles. The van der Waals surface area contributed by atoms with Crippen molar-refractivity contribution in [3.05, 3.63) is 70.7 Å². The SMILES string of the molecule is CC(C)Oc1ccc(C(=O)NNC(=O)COc2ccc3ccccc3c2Br)cc1. The third-order valence-corrected chi connectivity index (χ3v) is 4.81. The van der Waals surface area contributed by atoms with Crippen molar-refractivity contribution in [1.82, 2.24) is 10.9 Å². The van der Waals surface area contributed by atoms with Gasteiger partial charge in [-0.25, -0.2) is 0 Å². The highest BCUT2D eigenvalue weighted by molar-refractivity contribution is 9.10. The first-order valence-electron chi connectivity index (χ1n) is 9.10. The van der Waals surface area contributed by atoms with Crippen LogP contribution < -0.4 is 20.3 Å². The Kier molecular flexibility index (Phi) is 6.72. The molecule has 0 atom stereocenters. The van der Waals surface area contributed by atoms with Crippen LogP contribution in [0.1, 0.15) is 24.2 Å². The normalized spacial score (nSPS) is 10.6. The van der Waals surface area contributed by atoms with E-state index in [0.29, 0.717) is 17.1 Å². The van der Waals surface area contributed by atoms with Crippen LogP contribution in [0.5, 0.6) is 11.5 Å². The predicted molar refractivity (Wildman–Crippen MR) is 115 cm³/mol. The molecule has 0 heterocycles. The number of rotatable bonds is 6. The smallest absolute Gasteiger partial charge is 0.276 e. The highest BCUT2D eigenvalue weighted by Crippen LogP contribution is 2.32. The number of carbonyl (C=O) groups excluding carboxylic acids is 2. The van der Waals surface area contributed by atoms with E-state index in [-0.39, 0.29) is 12.7 Å². The van der Waals surface area contributed by atoms with E-state index >= 15 is 0 Å². The van der Waals surface area contributed by atoms with Gasteiger partial charge < -0.3 is 9.47 Å². The van der Waals surface area contributed by atoms with Gasteiger partial charge in [0.05, 0.1) is 10.6 Å². The minimum Gasteiger partial charge on any atom is -0.491 e. The Morgan fingerprint density at radius 1 is 0.966 bits per heavy atom. The minimum absolute atomic E-state index is 0.0524. The van der Waals surface area contributed by atoms with Crippen molar-refractivity contribution in [3.63, 3.8) is 0 Å². The van der Waals surface area contributed by atoms with E-state index in [9.17, 15) is 9.59 Å². The van der Waals surface area contributed by atoms with Crippen molar-refractivity contribution in [1.29, 1.82) is 0 Å². The Labute approximate surface area is 177 Å². The van der Waals surface area contributed by atoms with E-state index in [1.54, 1.807) is 30.3 Å². The number of hydrogen-bond donors (Lipinski definition) is 2. The molecule has 0 aliphatic rings. The molecule has 2 N–H and O–H groups in total. The van der Waals surface area contributed by atoms with Gasteiger partial charge in [-0.05, 0) is 70.9 Å². The zero-order chi connectivity index (χ0) is 20.8. The monoisotopic (exact) mass is 456 g/mol. The van der Waals surface area contributed by atoms with E-state index < -0.39 is 11.8 Å². The molecule has 150 valence electrons. The van der Waals surface area contributed by atoms with E-state index in [1.165, 1.54) is 0 Å². The van der Waals surface area contributed by atoms with Crippen LogP contribution in [0.3, 0.4) is 0 Å². The molecule has 3 aromatic carbocycles. The largest absolute Gasteiger partial charge is 0.491 e. The number of hydrazine groups is 1. The number of fused-ring (bicyclic) bond motifs is 1. The maximum Gasteiger partial charge on any atom is 0.276 e. The van der Waals surface area contributed by atoms with Crippen LogP contribution in [0.4, 0.5) is 0 Å². The third kappa shape index (κ3) is 5.48. The van der Waals surface area contributed by atoms with Crippen LogP contribution in [0.2, 0.25) is 0 Å². The van der Waals surface area contributed by atoms with Crippen molar-refractivity contribution < 1.29 is 19.1 Å². The number of benzene rings is 3. The van der Waals surface area contributed by atoms with Gasteiger partial charge in [-0.2, -0.15) is 0 Å². The van der Waals surface area contributed by atoms with Gasteiger partial charge in [0.1, 0.15) is 11.5 Å². The number of carbonyl (C=O) groups is 2. The highest BCUT2D eigenvalue weighted by atomic mass is 79.9. The van der Waals surface area contributed by atoms with E-state index in [0.717, 1.165) is 15.2 Å². The molecular weight excluding hydrogens is 436 g/mol. The van der Waals surface area contributed by atoms with Gasteiger partial charge in [-0.3, -0.25) is 20.4 Å². The molecule has 3 aromatic rings. The first kappa shape index (κ1) is 20.7. The summed E-state index contributed by atoms with van der Waals surface area (Å²) in [5, 5.41) is 2.05. The Balaban J connectivity index is 1.51. The summed E-state index contributed by atoms with van der Waals surface area (Å²) in [6, 6.07) is 18.2. The fraction of sp³-hybridized carbons (Fsp3) is 0.182. The number of ether oxygens (including phenoxy) is 2. The molecule has 2 amide bonds. The second-order valence-corrected chi connectivity index (χ2v) is 7.37. The molecular formula is C22H21BrN2O4. The third-order valence-electron chi connectivity index (χ3n) is 3.99.